The van der Waals surface area contributed by atoms with Gasteiger partial charge in [0.1, 0.15) is 5.82 Å². The van der Waals surface area contributed by atoms with Crippen molar-refractivity contribution in [2.24, 2.45) is 0 Å². The van der Waals surface area contributed by atoms with Crippen molar-refractivity contribution in [2.45, 2.75) is 37.5 Å². The zero-order valence-electron chi connectivity index (χ0n) is 16.7. The maximum atomic E-state index is 13.8. The van der Waals surface area contributed by atoms with Crippen molar-refractivity contribution in [3.63, 3.8) is 0 Å². The molecular formula is C20H22FN5O2S2. The topological polar surface area (TPSA) is 88.1 Å². The Morgan fingerprint density at radius 1 is 1.17 bits per heavy atom. The van der Waals surface area contributed by atoms with Gasteiger partial charge in [0.05, 0.1) is 22.5 Å². The van der Waals surface area contributed by atoms with Crippen molar-refractivity contribution in [1.29, 1.82) is 0 Å². The molecule has 30 heavy (non-hydrogen) atoms. The van der Waals surface area contributed by atoms with E-state index in [-0.39, 0.29) is 10.8 Å². The van der Waals surface area contributed by atoms with E-state index in [0.29, 0.717) is 37.3 Å². The third-order valence-electron chi connectivity index (χ3n) is 5.16. The minimum atomic E-state index is -3.72. The fraction of sp³-hybridized carbons (Fsp3) is 0.350. The molecule has 158 valence electrons. The van der Waals surface area contributed by atoms with E-state index in [9.17, 15) is 12.8 Å². The van der Waals surface area contributed by atoms with E-state index in [2.05, 4.69) is 20.3 Å². The number of sulfonamides is 1. The van der Waals surface area contributed by atoms with Crippen LogP contribution >= 0.6 is 11.3 Å². The number of benzene rings is 1. The number of aryl methyl sites for hydroxylation is 2. The first-order chi connectivity index (χ1) is 14.3. The normalized spacial score (nSPS) is 16.0. The minimum absolute atomic E-state index is 0.00576. The van der Waals surface area contributed by atoms with E-state index in [1.54, 1.807) is 19.3 Å². The summed E-state index contributed by atoms with van der Waals surface area (Å²) in [6.45, 7) is 4.24. The van der Waals surface area contributed by atoms with Crippen LogP contribution in [0.3, 0.4) is 0 Å². The van der Waals surface area contributed by atoms with Gasteiger partial charge in [-0.25, -0.2) is 22.8 Å². The monoisotopic (exact) mass is 447 g/mol. The van der Waals surface area contributed by atoms with Gasteiger partial charge in [0.15, 0.2) is 10.9 Å². The number of nitrogens with zero attached hydrogens (tertiary/aromatic N) is 4. The lowest BCUT2D eigenvalue weighted by Gasteiger charge is -2.31. The van der Waals surface area contributed by atoms with Gasteiger partial charge in [-0.1, -0.05) is 6.07 Å². The summed E-state index contributed by atoms with van der Waals surface area (Å²) in [5, 5.41) is 5.87. The van der Waals surface area contributed by atoms with Crippen LogP contribution in [0.25, 0.3) is 0 Å². The lowest BCUT2D eigenvalue weighted by Crippen LogP contribution is -2.38. The summed E-state index contributed by atoms with van der Waals surface area (Å²) in [7, 11) is -3.72. The van der Waals surface area contributed by atoms with Gasteiger partial charge in [0.25, 0.3) is 0 Å². The van der Waals surface area contributed by atoms with Crippen molar-refractivity contribution in [1.82, 2.24) is 19.3 Å². The number of rotatable bonds is 5. The van der Waals surface area contributed by atoms with Crippen LogP contribution < -0.4 is 5.32 Å². The van der Waals surface area contributed by atoms with Crippen LogP contribution in [0.5, 0.6) is 0 Å². The maximum Gasteiger partial charge on any atom is 0.243 e. The number of nitrogens with one attached hydrogen (secondary N) is 1. The number of hydrogen-bond acceptors (Lipinski definition) is 7. The second-order valence-corrected chi connectivity index (χ2v) is 10.1. The Balaban J connectivity index is 1.44. The lowest BCUT2D eigenvalue weighted by atomic mass is 9.95. The van der Waals surface area contributed by atoms with E-state index in [4.69, 9.17) is 0 Å². The van der Waals surface area contributed by atoms with Crippen molar-refractivity contribution >= 4 is 32.3 Å². The summed E-state index contributed by atoms with van der Waals surface area (Å²) in [5.74, 6) is 0.214. The number of anilines is 2. The number of aromatic nitrogens is 3. The van der Waals surface area contributed by atoms with Gasteiger partial charge < -0.3 is 5.32 Å². The van der Waals surface area contributed by atoms with Crippen molar-refractivity contribution in [3.8, 4) is 0 Å². The Labute approximate surface area is 179 Å². The molecule has 0 aliphatic carbocycles. The highest BCUT2D eigenvalue weighted by molar-refractivity contribution is 7.89. The molecule has 1 aliphatic rings. The van der Waals surface area contributed by atoms with Crippen LogP contribution in [-0.2, 0) is 10.0 Å². The predicted octanol–water partition coefficient (Wildman–Crippen LogP) is 4.00. The standard InChI is InChI=1S/C20H22FN5O2S2/c1-13-3-4-16(9-17(13)21)30(27,28)26-7-5-15(6-8-26)18-10-22-11-19(24-18)25-20-23-14(2)12-29-20/h3-4,9-12,15H,5-8H2,1-2H3,(H,23,24,25). The molecule has 0 saturated carbocycles. The van der Waals surface area contributed by atoms with E-state index in [0.717, 1.165) is 22.6 Å². The SMILES string of the molecule is Cc1csc(Nc2cncc(C3CCN(S(=O)(=O)c4ccc(C)c(F)c4)CC3)n2)n1. The van der Waals surface area contributed by atoms with Gasteiger partial charge in [0, 0.05) is 30.6 Å². The van der Waals surface area contributed by atoms with Gasteiger partial charge in [-0.3, -0.25) is 4.98 Å². The molecule has 0 bridgehead atoms. The molecule has 1 fully saturated rings. The molecule has 3 aromatic rings. The fourth-order valence-corrected chi connectivity index (χ4v) is 5.61. The molecule has 0 amide bonds. The summed E-state index contributed by atoms with van der Waals surface area (Å²) in [4.78, 5) is 13.3. The Bertz CT molecular complexity index is 1160. The Morgan fingerprint density at radius 3 is 2.60 bits per heavy atom. The molecule has 1 N–H and O–H groups in total. The molecule has 1 aliphatic heterocycles. The summed E-state index contributed by atoms with van der Waals surface area (Å²) in [6, 6.07) is 4.05. The second-order valence-electron chi connectivity index (χ2n) is 7.34. The summed E-state index contributed by atoms with van der Waals surface area (Å²) < 4.78 is 41.0. The molecule has 0 spiro atoms. The minimum Gasteiger partial charge on any atom is -0.315 e. The highest BCUT2D eigenvalue weighted by Gasteiger charge is 2.31. The van der Waals surface area contributed by atoms with E-state index < -0.39 is 15.8 Å². The average Bonchev–Trinajstić information content (AvgIpc) is 3.15. The van der Waals surface area contributed by atoms with Crippen LogP contribution in [0.2, 0.25) is 0 Å². The quantitative estimate of drug-likeness (QED) is 0.636. The molecule has 10 heteroatoms. The van der Waals surface area contributed by atoms with Gasteiger partial charge >= 0.3 is 0 Å². The predicted molar refractivity (Wildman–Crippen MR) is 114 cm³/mol. The number of piperidine rings is 1. The van der Waals surface area contributed by atoms with E-state index >= 15 is 0 Å². The number of hydrogen-bond donors (Lipinski definition) is 1. The Kier molecular flexibility index (Phi) is 5.81. The molecule has 4 rings (SSSR count). The fourth-order valence-electron chi connectivity index (χ4n) is 3.43. The van der Waals surface area contributed by atoms with Crippen molar-refractivity contribution in [2.75, 3.05) is 18.4 Å². The molecule has 3 heterocycles. The maximum absolute atomic E-state index is 13.8. The van der Waals surface area contributed by atoms with Gasteiger partial charge in [0.2, 0.25) is 10.0 Å². The van der Waals surface area contributed by atoms with Gasteiger partial charge in [-0.05, 0) is 44.4 Å². The Hall–Kier alpha value is -2.43. The van der Waals surface area contributed by atoms with E-state index in [1.165, 1.54) is 27.8 Å². The highest BCUT2D eigenvalue weighted by atomic mass is 32.2. The first-order valence-electron chi connectivity index (χ1n) is 9.60. The number of halogens is 1. The van der Waals surface area contributed by atoms with Crippen LogP contribution in [0.4, 0.5) is 15.3 Å². The average molecular weight is 448 g/mol. The second kappa shape index (κ2) is 8.37. The molecule has 1 aromatic carbocycles. The van der Waals surface area contributed by atoms with Crippen LogP contribution in [0, 0.1) is 19.7 Å². The third kappa shape index (κ3) is 4.35. The van der Waals surface area contributed by atoms with Crippen molar-refractivity contribution in [3.05, 3.63) is 58.7 Å². The Morgan fingerprint density at radius 2 is 1.93 bits per heavy atom. The molecular weight excluding hydrogens is 425 g/mol. The molecule has 0 unspecified atom stereocenters. The summed E-state index contributed by atoms with van der Waals surface area (Å²) in [6.07, 6.45) is 4.62. The molecule has 1 saturated heterocycles. The molecule has 0 radical (unpaired) electrons. The number of thiazole rings is 1. The van der Waals surface area contributed by atoms with Crippen LogP contribution in [0.1, 0.15) is 35.7 Å². The lowest BCUT2D eigenvalue weighted by molar-refractivity contribution is 0.316. The zero-order chi connectivity index (χ0) is 21.3. The molecule has 7 nitrogen and oxygen atoms in total. The molecule has 0 atom stereocenters. The summed E-state index contributed by atoms with van der Waals surface area (Å²) in [5.41, 5.74) is 2.19. The third-order valence-corrected chi connectivity index (χ3v) is 7.93. The first-order valence-corrected chi connectivity index (χ1v) is 11.9. The molecule has 2 aromatic heterocycles. The summed E-state index contributed by atoms with van der Waals surface area (Å²) >= 11 is 1.50. The van der Waals surface area contributed by atoms with Crippen molar-refractivity contribution < 1.29 is 12.8 Å². The van der Waals surface area contributed by atoms with Crippen LogP contribution in [0.15, 0.2) is 40.9 Å². The van der Waals surface area contributed by atoms with E-state index in [1.807, 2.05) is 12.3 Å². The van der Waals surface area contributed by atoms with Gasteiger partial charge in [-0.15, -0.1) is 11.3 Å². The highest BCUT2D eigenvalue weighted by Crippen LogP contribution is 2.31. The largest absolute Gasteiger partial charge is 0.315 e. The first kappa shape index (κ1) is 20.8. The zero-order valence-corrected chi connectivity index (χ0v) is 18.3. The van der Waals surface area contributed by atoms with Gasteiger partial charge in [-0.2, -0.15) is 4.31 Å². The smallest absolute Gasteiger partial charge is 0.243 e. The van der Waals surface area contributed by atoms with Crippen LogP contribution in [-0.4, -0.2) is 40.8 Å².